The van der Waals surface area contributed by atoms with Crippen molar-refractivity contribution in [2.24, 2.45) is 5.92 Å². The van der Waals surface area contributed by atoms with E-state index in [0.29, 0.717) is 12.5 Å². The number of rotatable bonds is 4. The lowest BCUT2D eigenvalue weighted by Crippen LogP contribution is -2.47. The Kier molecular flexibility index (Phi) is 6.01. The molecule has 27 heavy (non-hydrogen) atoms. The summed E-state index contributed by atoms with van der Waals surface area (Å²) in [6.45, 7) is 6.22. The molecule has 0 aliphatic heterocycles. The smallest absolute Gasteiger partial charge is 0.320 e. The molecule has 1 aliphatic carbocycles. The van der Waals surface area contributed by atoms with E-state index in [-0.39, 0.29) is 21.8 Å². The highest BCUT2D eigenvalue weighted by Gasteiger charge is 2.30. The minimum absolute atomic E-state index is 0.0419. The predicted molar refractivity (Wildman–Crippen MR) is 105 cm³/mol. The van der Waals surface area contributed by atoms with E-state index >= 15 is 0 Å². The molecule has 0 saturated heterocycles. The number of hydrogen-bond acceptors (Lipinski definition) is 4. The monoisotopic (exact) mass is 409 g/mol. The van der Waals surface area contributed by atoms with Crippen molar-refractivity contribution < 1.29 is 4.79 Å². The molecule has 7 nitrogen and oxygen atoms in total. The van der Waals surface area contributed by atoms with Gasteiger partial charge in [-0.2, -0.15) is 4.68 Å². The molecule has 1 amide bonds. The van der Waals surface area contributed by atoms with E-state index in [1.165, 1.54) is 0 Å². The highest BCUT2D eigenvalue weighted by Crippen LogP contribution is 2.29. The fourth-order valence-electron chi connectivity index (χ4n) is 3.57. The zero-order valence-electron chi connectivity index (χ0n) is 15.0. The van der Waals surface area contributed by atoms with Gasteiger partial charge in [0.15, 0.2) is 0 Å². The Labute approximate surface area is 167 Å². The number of benzene rings is 1. The highest BCUT2D eigenvalue weighted by atomic mass is 35.5. The van der Waals surface area contributed by atoms with Crippen LogP contribution in [0.15, 0.2) is 35.6 Å². The third kappa shape index (κ3) is 3.80. The molecule has 1 aliphatic rings. The Hall–Kier alpha value is -2.12. The number of allylic oxidation sites excluding steroid dienone is 1. The van der Waals surface area contributed by atoms with Crippen LogP contribution >= 0.6 is 23.2 Å². The van der Waals surface area contributed by atoms with Crippen molar-refractivity contribution in [3.63, 3.8) is 0 Å². The molecule has 1 heterocycles. The number of hydrogen-bond donors (Lipinski definition) is 0. The van der Waals surface area contributed by atoms with Gasteiger partial charge >= 0.3 is 11.7 Å². The van der Waals surface area contributed by atoms with Gasteiger partial charge in [-0.25, -0.2) is 9.59 Å². The summed E-state index contributed by atoms with van der Waals surface area (Å²) >= 11 is 12.3. The van der Waals surface area contributed by atoms with Crippen LogP contribution in [0, 0.1) is 5.92 Å². The zero-order valence-corrected chi connectivity index (χ0v) is 16.5. The fraction of sp³-hybridized carbons (Fsp3) is 0.444. The summed E-state index contributed by atoms with van der Waals surface area (Å²) in [5.41, 5.74) is -0.498. The molecular formula is C18H21Cl2N5O2. The standard InChI is InChI=1S/C18H21Cl2N5O2/c1-3-12-7-5-8-13(11-12)23(4-2)17(26)25-18(27)24(21-22-25)16-14(19)9-6-10-15(16)20/h3,6,9-10,12-13H,1,4-5,7-8,11H2,2H3. The second-order valence-electron chi connectivity index (χ2n) is 6.54. The first-order chi connectivity index (χ1) is 13.0. The summed E-state index contributed by atoms with van der Waals surface area (Å²) in [6.07, 6.45) is 5.76. The third-order valence-corrected chi connectivity index (χ3v) is 5.57. The van der Waals surface area contributed by atoms with Crippen LogP contribution in [0.2, 0.25) is 10.0 Å². The van der Waals surface area contributed by atoms with E-state index in [1.807, 2.05) is 13.0 Å². The van der Waals surface area contributed by atoms with Crippen LogP contribution in [-0.2, 0) is 0 Å². The molecule has 1 aromatic carbocycles. The van der Waals surface area contributed by atoms with Crippen LogP contribution in [0.5, 0.6) is 0 Å². The lowest BCUT2D eigenvalue weighted by molar-refractivity contribution is 0.148. The van der Waals surface area contributed by atoms with Crippen molar-refractivity contribution >= 4 is 29.2 Å². The van der Waals surface area contributed by atoms with Gasteiger partial charge in [0.1, 0.15) is 5.69 Å². The Morgan fingerprint density at radius 1 is 1.33 bits per heavy atom. The number of aromatic nitrogens is 4. The van der Waals surface area contributed by atoms with Crippen molar-refractivity contribution in [1.29, 1.82) is 0 Å². The molecule has 144 valence electrons. The first-order valence-electron chi connectivity index (χ1n) is 8.90. The molecule has 1 fully saturated rings. The van der Waals surface area contributed by atoms with E-state index in [2.05, 4.69) is 17.0 Å². The van der Waals surface area contributed by atoms with Gasteiger partial charge in [-0.05, 0) is 54.7 Å². The maximum Gasteiger partial charge on any atom is 0.377 e. The molecule has 1 aromatic heterocycles. The van der Waals surface area contributed by atoms with E-state index < -0.39 is 11.7 Å². The van der Waals surface area contributed by atoms with Gasteiger partial charge < -0.3 is 4.90 Å². The summed E-state index contributed by atoms with van der Waals surface area (Å²) in [5.74, 6) is 0.375. The van der Waals surface area contributed by atoms with Crippen LogP contribution in [-0.4, -0.2) is 43.3 Å². The van der Waals surface area contributed by atoms with Gasteiger partial charge in [0.2, 0.25) is 0 Å². The zero-order chi connectivity index (χ0) is 19.6. The average Bonchev–Trinajstić information content (AvgIpc) is 3.03. The topological polar surface area (TPSA) is 73.0 Å². The van der Waals surface area contributed by atoms with E-state index in [0.717, 1.165) is 35.0 Å². The Balaban J connectivity index is 1.92. The summed E-state index contributed by atoms with van der Waals surface area (Å²) in [4.78, 5) is 27.4. The second kappa shape index (κ2) is 8.27. The summed E-state index contributed by atoms with van der Waals surface area (Å²) < 4.78 is 1.71. The van der Waals surface area contributed by atoms with Gasteiger partial charge in [-0.15, -0.1) is 11.3 Å². The summed E-state index contributed by atoms with van der Waals surface area (Å²) in [5, 5.41) is 8.07. The summed E-state index contributed by atoms with van der Waals surface area (Å²) in [7, 11) is 0. The molecular weight excluding hydrogens is 389 g/mol. The van der Waals surface area contributed by atoms with E-state index in [4.69, 9.17) is 23.2 Å². The maximum absolute atomic E-state index is 13.0. The number of carbonyl (C=O) groups is 1. The Morgan fingerprint density at radius 2 is 2.04 bits per heavy atom. The van der Waals surface area contributed by atoms with Crippen molar-refractivity contribution in [2.75, 3.05) is 6.54 Å². The molecule has 2 aromatic rings. The first kappa shape index (κ1) is 19.6. The third-order valence-electron chi connectivity index (χ3n) is 4.96. The number of carbonyl (C=O) groups excluding carboxylic acids is 1. The molecule has 0 N–H and O–H groups in total. The maximum atomic E-state index is 13.0. The van der Waals surface area contributed by atoms with Crippen molar-refractivity contribution in [3.05, 3.63) is 51.4 Å². The molecule has 2 atom stereocenters. The molecule has 0 spiro atoms. The number of nitrogens with zero attached hydrogens (tertiary/aromatic N) is 5. The molecule has 9 heteroatoms. The Morgan fingerprint density at radius 3 is 2.67 bits per heavy atom. The van der Waals surface area contributed by atoms with Gasteiger partial charge in [-0.3, -0.25) is 0 Å². The number of amides is 1. The molecule has 2 unspecified atom stereocenters. The minimum atomic E-state index is -0.704. The average molecular weight is 410 g/mol. The minimum Gasteiger partial charge on any atom is -0.320 e. The Bertz CT molecular complexity index is 887. The van der Waals surface area contributed by atoms with Crippen LogP contribution < -0.4 is 5.69 Å². The quantitative estimate of drug-likeness (QED) is 0.568. The highest BCUT2D eigenvalue weighted by molar-refractivity contribution is 6.37. The first-order valence-corrected chi connectivity index (χ1v) is 9.66. The lowest BCUT2D eigenvalue weighted by Gasteiger charge is -2.35. The molecule has 0 bridgehead atoms. The number of halogens is 2. The van der Waals surface area contributed by atoms with Crippen LogP contribution in [0.25, 0.3) is 5.69 Å². The van der Waals surface area contributed by atoms with Crippen molar-refractivity contribution in [2.45, 2.75) is 38.6 Å². The number of tetrazole rings is 1. The van der Waals surface area contributed by atoms with Gasteiger partial charge in [0, 0.05) is 12.6 Å². The van der Waals surface area contributed by atoms with Gasteiger partial charge in [0.25, 0.3) is 0 Å². The molecule has 0 radical (unpaired) electrons. The van der Waals surface area contributed by atoms with E-state index in [9.17, 15) is 9.59 Å². The van der Waals surface area contributed by atoms with Crippen LogP contribution in [0.1, 0.15) is 32.6 Å². The van der Waals surface area contributed by atoms with Crippen molar-refractivity contribution in [1.82, 2.24) is 24.7 Å². The largest absolute Gasteiger partial charge is 0.377 e. The summed E-state index contributed by atoms with van der Waals surface area (Å²) in [6, 6.07) is 4.39. The van der Waals surface area contributed by atoms with Gasteiger partial charge in [-0.1, -0.05) is 41.8 Å². The lowest BCUT2D eigenvalue weighted by atomic mass is 9.85. The van der Waals surface area contributed by atoms with Crippen LogP contribution in [0.3, 0.4) is 0 Å². The van der Waals surface area contributed by atoms with Gasteiger partial charge in [0.05, 0.1) is 10.0 Å². The predicted octanol–water partition coefficient (Wildman–Crippen LogP) is 3.77. The number of para-hydroxylation sites is 1. The second-order valence-corrected chi connectivity index (χ2v) is 7.35. The normalized spacial score (nSPS) is 19.7. The molecule has 1 saturated carbocycles. The molecule has 3 rings (SSSR count). The van der Waals surface area contributed by atoms with Crippen LogP contribution in [0.4, 0.5) is 4.79 Å². The SMILES string of the molecule is C=CC1CCCC(N(CC)C(=O)n2nnn(-c3c(Cl)cccc3Cl)c2=O)C1. The van der Waals surface area contributed by atoms with E-state index in [1.54, 1.807) is 23.1 Å². The fourth-order valence-corrected chi connectivity index (χ4v) is 4.12. The van der Waals surface area contributed by atoms with Crippen molar-refractivity contribution in [3.8, 4) is 5.69 Å².